The van der Waals surface area contributed by atoms with Gasteiger partial charge in [-0.2, -0.15) is 0 Å². The number of hydrogen-bond donors (Lipinski definition) is 2. The van der Waals surface area contributed by atoms with Gasteiger partial charge in [0.05, 0.1) is 29.5 Å². The summed E-state index contributed by atoms with van der Waals surface area (Å²) >= 11 is 0. The molecule has 7 nitrogen and oxygen atoms in total. The Morgan fingerprint density at radius 2 is 2.05 bits per heavy atom. The van der Waals surface area contributed by atoms with Crippen LogP contribution in [0.25, 0.3) is 0 Å². The van der Waals surface area contributed by atoms with E-state index in [9.17, 15) is 9.70 Å². The van der Waals surface area contributed by atoms with E-state index in [1.807, 2.05) is 20.8 Å². The van der Waals surface area contributed by atoms with Gasteiger partial charge in [-0.1, -0.05) is 0 Å². The van der Waals surface area contributed by atoms with E-state index in [0.29, 0.717) is 17.8 Å². The molecule has 0 radical (unpaired) electrons. The van der Waals surface area contributed by atoms with E-state index in [-0.39, 0.29) is 17.6 Å². The van der Waals surface area contributed by atoms with Crippen LogP contribution in [0.3, 0.4) is 0 Å². The summed E-state index contributed by atoms with van der Waals surface area (Å²) in [6, 6.07) is 0. The van der Waals surface area contributed by atoms with E-state index in [1.165, 1.54) is 5.01 Å². The van der Waals surface area contributed by atoms with Gasteiger partial charge in [0.15, 0.2) is 0 Å². The van der Waals surface area contributed by atoms with Crippen molar-refractivity contribution in [1.29, 1.82) is 0 Å². The number of hydrogen-bond acceptors (Lipinski definition) is 3. The minimum Gasteiger partial charge on any atom is -0.481 e. The standard InChI is InChI=1S/C12H23N3O4/c1-12(2,3)14(4)15(18)13-19-10-7-5-6-9(8-10)11(16)17/h9-10H,5-8H2,1-4H3,(H-,13,16,17,18)/p+1/t9-,10+/m1/s1. The molecule has 0 heterocycles. The van der Waals surface area contributed by atoms with Gasteiger partial charge in [-0.15, -0.1) is 5.01 Å². The average molecular weight is 274 g/mol. The second-order valence-electron chi connectivity index (χ2n) is 6.00. The van der Waals surface area contributed by atoms with Gasteiger partial charge in [-0.3, -0.25) is 4.79 Å². The highest BCUT2D eigenvalue weighted by atomic mass is 16.7. The van der Waals surface area contributed by atoms with Gasteiger partial charge in [-0.25, -0.2) is 4.84 Å². The van der Waals surface area contributed by atoms with Gasteiger partial charge < -0.3 is 5.11 Å². The van der Waals surface area contributed by atoms with Crippen LogP contribution in [0, 0.1) is 10.8 Å². The van der Waals surface area contributed by atoms with Gasteiger partial charge in [0.25, 0.3) is 4.98 Å². The number of nitrogens with zero attached hydrogens (tertiary/aromatic N) is 2. The Bertz CT molecular complexity index is 340. The second kappa shape index (κ2) is 6.18. The van der Waals surface area contributed by atoms with Crippen LogP contribution in [-0.2, 0) is 9.63 Å². The molecule has 0 aromatic heterocycles. The van der Waals surface area contributed by atoms with Crippen molar-refractivity contribution >= 4 is 5.97 Å². The smallest absolute Gasteiger partial charge is 0.306 e. The molecule has 1 aliphatic carbocycles. The summed E-state index contributed by atoms with van der Waals surface area (Å²) < 4.78 is 0. The number of carbonyl (C=O) groups is 1. The lowest BCUT2D eigenvalue weighted by Gasteiger charge is -2.26. The van der Waals surface area contributed by atoms with Crippen LogP contribution >= 0.6 is 0 Å². The molecule has 1 fully saturated rings. The third-order valence-corrected chi connectivity index (χ3v) is 3.52. The minimum absolute atomic E-state index is 0.236. The van der Waals surface area contributed by atoms with Crippen LogP contribution in [0.2, 0.25) is 0 Å². The summed E-state index contributed by atoms with van der Waals surface area (Å²) in [6.45, 7) is 5.71. The zero-order chi connectivity index (χ0) is 14.6. The Balaban J connectivity index is 2.40. The molecule has 2 N–H and O–H groups in total. The number of hydrazine groups is 2. The molecule has 1 rings (SSSR count). The molecule has 0 saturated heterocycles. The predicted octanol–water partition coefficient (Wildman–Crippen LogP) is 1.49. The first kappa shape index (κ1) is 15.7. The predicted molar refractivity (Wildman–Crippen MR) is 68.7 cm³/mol. The summed E-state index contributed by atoms with van der Waals surface area (Å²) in [5.41, 5.74) is 2.00. The lowest BCUT2D eigenvalue weighted by atomic mass is 9.87. The lowest BCUT2D eigenvalue weighted by Crippen LogP contribution is -2.50. The Morgan fingerprint density at radius 3 is 2.58 bits per heavy atom. The zero-order valence-electron chi connectivity index (χ0n) is 12.0. The number of rotatable bonds is 5. The molecule has 0 aromatic carbocycles. The number of carboxylic acids is 1. The van der Waals surface area contributed by atoms with Crippen LogP contribution in [0.1, 0.15) is 46.5 Å². The normalized spacial score (nSPS) is 23.8. The number of carboxylic acid groups (broad SMARTS) is 1. The topological polar surface area (TPSA) is 81.9 Å². The van der Waals surface area contributed by atoms with E-state index in [4.69, 9.17) is 9.94 Å². The quantitative estimate of drug-likeness (QED) is 0.584. The van der Waals surface area contributed by atoms with Gasteiger partial charge in [0.2, 0.25) is 0 Å². The molecule has 0 unspecified atom stereocenters. The van der Waals surface area contributed by atoms with Gasteiger partial charge in [0.1, 0.15) is 0 Å². The molecule has 19 heavy (non-hydrogen) atoms. The summed E-state index contributed by atoms with van der Waals surface area (Å²) in [7, 11) is 1.66. The van der Waals surface area contributed by atoms with E-state index >= 15 is 0 Å². The van der Waals surface area contributed by atoms with E-state index in [0.717, 1.165) is 12.8 Å². The fraction of sp³-hybridized carbons (Fsp3) is 0.917. The summed E-state index contributed by atoms with van der Waals surface area (Å²) in [4.78, 5) is 28.5. The van der Waals surface area contributed by atoms with E-state index < -0.39 is 5.97 Å². The maximum atomic E-state index is 11.7. The molecule has 0 spiro atoms. The Labute approximate surface area is 113 Å². The molecule has 0 aromatic rings. The largest absolute Gasteiger partial charge is 0.481 e. The van der Waals surface area contributed by atoms with Crippen molar-refractivity contribution in [2.75, 3.05) is 7.05 Å². The second-order valence-corrected chi connectivity index (χ2v) is 6.00. The van der Waals surface area contributed by atoms with Crippen molar-refractivity contribution in [2.24, 2.45) is 5.92 Å². The molecule has 0 amide bonds. The highest BCUT2D eigenvalue weighted by Gasteiger charge is 2.32. The molecule has 0 aliphatic heterocycles. The van der Waals surface area contributed by atoms with Gasteiger partial charge >= 0.3 is 5.97 Å². The monoisotopic (exact) mass is 274 g/mol. The van der Waals surface area contributed by atoms with Crippen molar-refractivity contribution in [3.8, 4) is 0 Å². The summed E-state index contributed by atoms with van der Waals surface area (Å²) in [5, 5.41) is 10.4. The number of nitroso groups, excluding NO2 is 1. The van der Waals surface area contributed by atoms with Crippen LogP contribution in [0.5, 0.6) is 0 Å². The highest BCUT2D eigenvalue weighted by Crippen LogP contribution is 2.26. The molecule has 1 saturated carbocycles. The SMILES string of the molecule is CN([N+](=O)NO[C@H]1CCC[C@@H](C(=O)O)C1)C(C)(C)C. The molecule has 7 heteroatoms. The van der Waals surface area contributed by atoms with E-state index in [1.54, 1.807) is 7.05 Å². The van der Waals surface area contributed by atoms with Gasteiger partial charge in [-0.05, 0) is 46.5 Å². The minimum atomic E-state index is -0.793. The fourth-order valence-corrected chi connectivity index (χ4v) is 1.93. The van der Waals surface area contributed by atoms with Crippen LogP contribution in [0.15, 0.2) is 0 Å². The van der Waals surface area contributed by atoms with Crippen molar-refractivity contribution in [3.05, 3.63) is 4.91 Å². The van der Waals surface area contributed by atoms with Crippen LogP contribution in [-0.4, -0.2) is 39.8 Å². The molecule has 2 atom stereocenters. The third kappa shape index (κ3) is 4.66. The molecule has 1 aliphatic rings. The van der Waals surface area contributed by atoms with Crippen LogP contribution in [0.4, 0.5) is 0 Å². The Kier molecular flexibility index (Phi) is 5.11. The van der Waals surface area contributed by atoms with Crippen molar-refractivity contribution < 1.29 is 19.7 Å². The first-order valence-corrected chi connectivity index (χ1v) is 6.57. The molecule has 0 bridgehead atoms. The Morgan fingerprint density at radius 1 is 1.42 bits per heavy atom. The maximum Gasteiger partial charge on any atom is 0.306 e. The zero-order valence-corrected chi connectivity index (χ0v) is 12.0. The highest BCUT2D eigenvalue weighted by molar-refractivity contribution is 5.70. The lowest BCUT2D eigenvalue weighted by molar-refractivity contribution is -0.797. The first-order chi connectivity index (χ1) is 8.71. The van der Waals surface area contributed by atoms with Crippen molar-refractivity contribution in [3.63, 3.8) is 0 Å². The molecular weight excluding hydrogens is 250 g/mol. The van der Waals surface area contributed by atoms with Crippen molar-refractivity contribution in [2.45, 2.75) is 58.1 Å². The van der Waals surface area contributed by atoms with Crippen LogP contribution < -0.4 is 5.59 Å². The Hall–Kier alpha value is -1.37. The fourth-order valence-electron chi connectivity index (χ4n) is 1.93. The number of aliphatic carboxylic acids is 1. The van der Waals surface area contributed by atoms with Gasteiger partial charge in [0, 0.05) is 5.59 Å². The van der Waals surface area contributed by atoms with Crippen molar-refractivity contribution in [1.82, 2.24) is 10.6 Å². The third-order valence-electron chi connectivity index (χ3n) is 3.52. The maximum absolute atomic E-state index is 11.7. The number of nitrogens with one attached hydrogen (secondary N) is 1. The summed E-state index contributed by atoms with van der Waals surface area (Å²) in [5.74, 6) is -1.17. The average Bonchev–Trinajstić information content (AvgIpc) is 2.34. The molecule has 110 valence electrons. The first-order valence-electron chi connectivity index (χ1n) is 6.57. The molecular formula is C12H24N3O4+. The summed E-state index contributed by atoms with van der Waals surface area (Å²) in [6.07, 6.45) is 2.45. The van der Waals surface area contributed by atoms with E-state index in [2.05, 4.69) is 5.59 Å².